The molecule has 7 nitrogen and oxygen atoms in total. The molecule has 0 amide bonds. The van der Waals surface area contributed by atoms with Gasteiger partial charge in [-0.15, -0.1) is 0 Å². The molecule has 32 heavy (non-hydrogen) atoms. The molecule has 1 fully saturated rings. The van der Waals surface area contributed by atoms with Crippen molar-refractivity contribution >= 4 is 17.7 Å². The highest BCUT2D eigenvalue weighted by atomic mass is 16.5. The smallest absolute Gasteiger partial charge is 0.337 e. The third-order valence-electron chi connectivity index (χ3n) is 6.74. The van der Waals surface area contributed by atoms with Gasteiger partial charge < -0.3 is 19.9 Å². The van der Waals surface area contributed by atoms with Crippen LogP contribution in [-0.4, -0.2) is 36.0 Å². The summed E-state index contributed by atoms with van der Waals surface area (Å²) in [5.41, 5.74) is 2.63. The summed E-state index contributed by atoms with van der Waals surface area (Å²) < 4.78 is 10.7. The molecule has 7 heteroatoms. The zero-order valence-electron chi connectivity index (χ0n) is 18.6. The summed E-state index contributed by atoms with van der Waals surface area (Å²) in [6, 6.07) is 6.54. The van der Waals surface area contributed by atoms with Crippen LogP contribution in [0.1, 0.15) is 57.4 Å². The Morgan fingerprint density at radius 3 is 2.56 bits per heavy atom. The van der Waals surface area contributed by atoms with E-state index in [4.69, 9.17) is 9.47 Å². The molecule has 0 spiro atoms. The van der Waals surface area contributed by atoms with Gasteiger partial charge in [0.05, 0.1) is 12.7 Å². The SMILES string of the molecule is COC(=O)[C@H]1C(=O)C2=C(C[C@@H]1C)NC(C)=C(C(=O)OC1CCCC1)[C@H]2c1cccc(O)c1. The van der Waals surface area contributed by atoms with Crippen molar-refractivity contribution in [2.45, 2.75) is 58.0 Å². The van der Waals surface area contributed by atoms with Crippen molar-refractivity contribution in [2.75, 3.05) is 7.11 Å². The predicted octanol–water partition coefficient (Wildman–Crippen LogP) is 3.49. The molecule has 3 atom stereocenters. The number of carbonyl (C=O) groups excluding carboxylic acids is 3. The van der Waals surface area contributed by atoms with Gasteiger partial charge in [0.1, 0.15) is 17.8 Å². The van der Waals surface area contributed by atoms with Crippen LogP contribution in [0.3, 0.4) is 0 Å². The van der Waals surface area contributed by atoms with Crippen LogP contribution in [0.15, 0.2) is 46.8 Å². The van der Waals surface area contributed by atoms with Crippen molar-refractivity contribution < 1.29 is 29.0 Å². The number of ketones is 1. The summed E-state index contributed by atoms with van der Waals surface area (Å²) in [4.78, 5) is 39.4. The number of methoxy groups -OCH3 is 1. The van der Waals surface area contributed by atoms with Gasteiger partial charge in [-0.3, -0.25) is 9.59 Å². The van der Waals surface area contributed by atoms with Crippen molar-refractivity contribution in [1.29, 1.82) is 0 Å². The quantitative estimate of drug-likeness (QED) is 0.547. The molecule has 3 aliphatic rings. The number of ether oxygens (including phenoxy) is 2. The lowest BCUT2D eigenvalue weighted by Gasteiger charge is -2.38. The number of dihydropyridines is 1. The molecule has 0 bridgehead atoms. The highest BCUT2D eigenvalue weighted by Gasteiger charge is 2.47. The van der Waals surface area contributed by atoms with Gasteiger partial charge in [-0.2, -0.15) is 0 Å². The Balaban J connectivity index is 1.81. The molecule has 2 N–H and O–H groups in total. The van der Waals surface area contributed by atoms with Crippen LogP contribution in [0.2, 0.25) is 0 Å². The molecule has 1 saturated carbocycles. The van der Waals surface area contributed by atoms with E-state index in [2.05, 4.69) is 5.32 Å². The van der Waals surface area contributed by atoms with E-state index in [1.165, 1.54) is 13.2 Å². The van der Waals surface area contributed by atoms with E-state index in [0.717, 1.165) is 25.7 Å². The number of rotatable bonds is 4. The average Bonchev–Trinajstić information content (AvgIpc) is 3.25. The molecule has 170 valence electrons. The Labute approximate surface area is 187 Å². The fourth-order valence-corrected chi connectivity index (χ4v) is 5.21. The largest absolute Gasteiger partial charge is 0.508 e. The Hall–Kier alpha value is -3.09. The van der Waals surface area contributed by atoms with Gasteiger partial charge in [-0.1, -0.05) is 19.1 Å². The Morgan fingerprint density at radius 1 is 1.19 bits per heavy atom. The van der Waals surface area contributed by atoms with Gasteiger partial charge in [-0.05, 0) is 62.6 Å². The molecular weight excluding hydrogens is 410 g/mol. The maximum absolute atomic E-state index is 13.6. The van der Waals surface area contributed by atoms with Gasteiger partial charge in [-0.25, -0.2) is 4.79 Å². The number of benzene rings is 1. The summed E-state index contributed by atoms with van der Waals surface area (Å²) in [5.74, 6) is -3.29. The minimum absolute atomic E-state index is 0.0329. The van der Waals surface area contributed by atoms with E-state index >= 15 is 0 Å². The van der Waals surface area contributed by atoms with Crippen LogP contribution in [0.4, 0.5) is 0 Å². The zero-order valence-corrected chi connectivity index (χ0v) is 18.6. The molecule has 0 saturated heterocycles. The number of phenolic OH excluding ortho intramolecular Hbond substituents is 1. The molecule has 0 aromatic heterocycles. The normalized spacial score (nSPS) is 26.0. The van der Waals surface area contributed by atoms with Crippen LogP contribution in [0.25, 0.3) is 0 Å². The van der Waals surface area contributed by atoms with Gasteiger partial charge in [0.2, 0.25) is 0 Å². The average molecular weight is 440 g/mol. The van der Waals surface area contributed by atoms with E-state index < -0.39 is 23.8 Å². The fourth-order valence-electron chi connectivity index (χ4n) is 5.21. The number of nitrogens with one attached hydrogen (secondary N) is 1. The predicted molar refractivity (Wildman–Crippen MR) is 116 cm³/mol. The highest BCUT2D eigenvalue weighted by Crippen LogP contribution is 2.46. The Morgan fingerprint density at radius 2 is 1.91 bits per heavy atom. The topological polar surface area (TPSA) is 102 Å². The van der Waals surface area contributed by atoms with E-state index in [-0.39, 0.29) is 23.6 Å². The second kappa shape index (κ2) is 8.81. The van der Waals surface area contributed by atoms with Crippen LogP contribution in [0.5, 0.6) is 5.75 Å². The summed E-state index contributed by atoms with van der Waals surface area (Å²) >= 11 is 0. The second-order valence-corrected chi connectivity index (χ2v) is 8.94. The zero-order chi connectivity index (χ0) is 23.0. The molecule has 0 radical (unpaired) electrons. The van der Waals surface area contributed by atoms with Crippen molar-refractivity contribution in [3.05, 3.63) is 52.4 Å². The lowest BCUT2D eigenvalue weighted by atomic mass is 9.69. The molecule has 1 aromatic rings. The summed E-state index contributed by atoms with van der Waals surface area (Å²) in [6.45, 7) is 3.64. The number of hydrogen-bond donors (Lipinski definition) is 2. The first-order chi connectivity index (χ1) is 15.3. The van der Waals surface area contributed by atoms with Gasteiger partial charge >= 0.3 is 11.9 Å². The second-order valence-electron chi connectivity index (χ2n) is 8.94. The molecule has 4 rings (SSSR count). The number of hydrogen-bond acceptors (Lipinski definition) is 7. The van der Waals surface area contributed by atoms with Crippen LogP contribution >= 0.6 is 0 Å². The Bertz CT molecular complexity index is 1020. The van der Waals surface area contributed by atoms with E-state index in [0.29, 0.717) is 34.5 Å². The Kier molecular flexibility index (Phi) is 6.09. The number of phenols is 1. The number of esters is 2. The van der Waals surface area contributed by atoms with Crippen LogP contribution in [0, 0.1) is 11.8 Å². The molecule has 1 heterocycles. The molecule has 0 unspecified atom stereocenters. The number of carbonyl (C=O) groups is 3. The first-order valence-corrected chi connectivity index (χ1v) is 11.1. The van der Waals surface area contributed by atoms with Crippen molar-refractivity contribution in [3.63, 3.8) is 0 Å². The van der Waals surface area contributed by atoms with Gasteiger partial charge in [0.15, 0.2) is 5.78 Å². The minimum atomic E-state index is -0.939. The third kappa shape index (κ3) is 3.92. The lowest BCUT2D eigenvalue weighted by Crippen LogP contribution is -2.43. The molecule has 1 aromatic carbocycles. The number of Topliss-reactive ketones (excluding diaryl/α,β-unsaturated/α-hetero) is 1. The number of aromatic hydroxyl groups is 1. The van der Waals surface area contributed by atoms with Crippen molar-refractivity contribution in [2.24, 2.45) is 11.8 Å². The van der Waals surface area contributed by atoms with E-state index in [1.54, 1.807) is 25.1 Å². The monoisotopic (exact) mass is 439 g/mol. The summed E-state index contributed by atoms with van der Waals surface area (Å²) in [6.07, 6.45) is 4.05. The van der Waals surface area contributed by atoms with Crippen molar-refractivity contribution in [3.8, 4) is 5.75 Å². The van der Waals surface area contributed by atoms with Crippen molar-refractivity contribution in [1.82, 2.24) is 5.32 Å². The summed E-state index contributed by atoms with van der Waals surface area (Å²) in [5, 5.41) is 13.4. The van der Waals surface area contributed by atoms with E-state index in [9.17, 15) is 19.5 Å². The lowest BCUT2D eigenvalue weighted by molar-refractivity contribution is -0.151. The molecule has 1 aliphatic heterocycles. The first-order valence-electron chi connectivity index (χ1n) is 11.1. The minimum Gasteiger partial charge on any atom is -0.508 e. The molecule has 2 aliphatic carbocycles. The summed E-state index contributed by atoms with van der Waals surface area (Å²) in [7, 11) is 1.27. The standard InChI is InChI=1S/C25H29NO6/c1-13-11-18-22(23(28)19(13)24(29)31-3)21(15-7-6-8-16(27)12-15)20(14(2)26-18)25(30)32-17-9-4-5-10-17/h6-8,12-13,17,19,21,26-27H,4-5,9-11H2,1-3H3/t13-,19+,21+/m0/s1. The first kappa shape index (κ1) is 22.1. The van der Waals surface area contributed by atoms with Gasteiger partial charge in [0, 0.05) is 22.9 Å². The molecular formula is C25H29NO6. The maximum atomic E-state index is 13.6. The third-order valence-corrected chi connectivity index (χ3v) is 6.74. The number of allylic oxidation sites excluding steroid dienone is 3. The van der Waals surface area contributed by atoms with Crippen LogP contribution < -0.4 is 5.32 Å². The fraction of sp³-hybridized carbons (Fsp3) is 0.480. The van der Waals surface area contributed by atoms with Crippen LogP contribution in [-0.2, 0) is 23.9 Å². The van der Waals surface area contributed by atoms with E-state index in [1.807, 2.05) is 6.92 Å². The maximum Gasteiger partial charge on any atom is 0.337 e. The van der Waals surface area contributed by atoms with Gasteiger partial charge in [0.25, 0.3) is 0 Å². The highest BCUT2D eigenvalue weighted by molar-refractivity contribution is 6.12.